The minimum Gasteiger partial charge on any atom is -0.0620 e. The van der Waals surface area contributed by atoms with Crippen LogP contribution in [0.5, 0.6) is 0 Å². The molecule has 0 N–H and O–H groups in total. The molecule has 1 aliphatic rings. The van der Waals surface area contributed by atoms with E-state index < -0.39 is 0 Å². The van der Waals surface area contributed by atoms with Crippen molar-refractivity contribution in [3.05, 3.63) is 30.3 Å². The molecule has 12 heavy (non-hydrogen) atoms. The summed E-state index contributed by atoms with van der Waals surface area (Å²) in [4.78, 5) is 0. The van der Waals surface area contributed by atoms with Crippen LogP contribution in [0, 0.1) is 0 Å². The average Bonchev–Trinajstić information content (AvgIpc) is 2.21. The number of rotatable bonds is 1. The van der Waals surface area contributed by atoms with E-state index in [0.717, 1.165) is 0 Å². The van der Waals surface area contributed by atoms with E-state index >= 15 is 0 Å². The van der Waals surface area contributed by atoms with Crippen LogP contribution < -0.4 is 5.30 Å². The zero-order valence-corrected chi connectivity index (χ0v) is 8.42. The zero-order valence-electron chi connectivity index (χ0n) is 7.42. The summed E-state index contributed by atoms with van der Waals surface area (Å²) in [6.07, 6.45) is 7.44. The van der Waals surface area contributed by atoms with Crippen LogP contribution in [0.1, 0.15) is 19.3 Å². The molecule has 1 fully saturated rings. The quantitative estimate of drug-likeness (QED) is 0.581. The number of benzene rings is 1. The fourth-order valence-corrected chi connectivity index (χ4v) is 4.79. The molecule has 1 aromatic carbocycles. The largest absolute Gasteiger partial charge is 0.0914 e. The highest BCUT2D eigenvalue weighted by molar-refractivity contribution is 7.65. The first-order valence-corrected chi connectivity index (χ1v) is 6.78. The van der Waals surface area contributed by atoms with Crippen molar-refractivity contribution in [1.29, 1.82) is 0 Å². The van der Waals surface area contributed by atoms with Crippen molar-refractivity contribution in [2.75, 3.05) is 12.3 Å². The van der Waals surface area contributed by atoms with Gasteiger partial charge in [0.25, 0.3) is 0 Å². The molecule has 0 unspecified atom stereocenters. The minimum atomic E-state index is -0.126. The van der Waals surface area contributed by atoms with Crippen molar-refractivity contribution >= 4 is 13.2 Å². The molecule has 64 valence electrons. The molecule has 0 aromatic heterocycles. The van der Waals surface area contributed by atoms with Gasteiger partial charge in [-0.1, -0.05) is 18.2 Å². The highest BCUT2D eigenvalue weighted by atomic mass is 31.1. The highest BCUT2D eigenvalue weighted by Gasteiger charge is 2.21. The maximum Gasteiger partial charge on any atom is 0.0914 e. The van der Waals surface area contributed by atoms with E-state index in [1.54, 1.807) is 5.30 Å². The molecular weight excluding hydrogens is 163 g/mol. The Hall–Kier alpha value is -0.350. The van der Waals surface area contributed by atoms with Gasteiger partial charge in [0.05, 0.1) is 17.6 Å². The summed E-state index contributed by atoms with van der Waals surface area (Å²) < 4.78 is 0. The Bertz CT molecular complexity index is 224. The second-order valence-electron chi connectivity index (χ2n) is 3.53. The van der Waals surface area contributed by atoms with Gasteiger partial charge in [0, 0.05) is 7.92 Å². The summed E-state index contributed by atoms with van der Waals surface area (Å²) >= 11 is 0. The van der Waals surface area contributed by atoms with Gasteiger partial charge in [-0.25, -0.2) is 0 Å². The normalized spacial score (nSPS) is 19.3. The summed E-state index contributed by atoms with van der Waals surface area (Å²) in [6, 6.07) is 11.1. The van der Waals surface area contributed by atoms with E-state index in [0.29, 0.717) is 0 Å². The van der Waals surface area contributed by atoms with E-state index in [1.165, 1.54) is 31.6 Å². The second kappa shape index (κ2) is 4.05. The lowest BCUT2D eigenvalue weighted by Crippen LogP contribution is -2.09. The summed E-state index contributed by atoms with van der Waals surface area (Å²) in [6.45, 7) is 0. The lowest BCUT2D eigenvalue weighted by atomic mass is 10.3. The lowest BCUT2D eigenvalue weighted by Gasteiger charge is -2.14. The lowest BCUT2D eigenvalue weighted by molar-refractivity contribution is 0.755. The molecule has 0 aliphatic carbocycles. The Labute approximate surface area is 75.7 Å². The van der Waals surface area contributed by atoms with Crippen LogP contribution in [-0.4, -0.2) is 12.3 Å². The second-order valence-corrected chi connectivity index (χ2v) is 6.31. The van der Waals surface area contributed by atoms with Gasteiger partial charge in [0.15, 0.2) is 0 Å². The van der Waals surface area contributed by atoms with Gasteiger partial charge in [0.1, 0.15) is 0 Å². The molecule has 1 aromatic rings. The molecule has 0 spiro atoms. The molecule has 0 bridgehead atoms. The first-order valence-electron chi connectivity index (χ1n) is 4.87. The number of hydrogen-bond donors (Lipinski definition) is 0. The van der Waals surface area contributed by atoms with Crippen LogP contribution in [0.25, 0.3) is 0 Å². The van der Waals surface area contributed by atoms with Gasteiger partial charge in [-0.05, 0) is 31.4 Å². The molecular formula is C11H16P+. The van der Waals surface area contributed by atoms with E-state index in [9.17, 15) is 0 Å². The van der Waals surface area contributed by atoms with Crippen LogP contribution in [0.3, 0.4) is 0 Å². The molecule has 1 heteroatoms. The van der Waals surface area contributed by atoms with E-state index in [-0.39, 0.29) is 7.92 Å². The summed E-state index contributed by atoms with van der Waals surface area (Å²) in [5, 5.41) is 1.65. The van der Waals surface area contributed by atoms with E-state index in [4.69, 9.17) is 0 Å². The Balaban J connectivity index is 2.08. The Morgan fingerprint density at radius 2 is 1.50 bits per heavy atom. The molecule has 1 saturated heterocycles. The van der Waals surface area contributed by atoms with Gasteiger partial charge < -0.3 is 0 Å². The Kier molecular flexibility index (Phi) is 2.79. The van der Waals surface area contributed by atoms with Crippen molar-refractivity contribution < 1.29 is 0 Å². The molecule has 0 amide bonds. The van der Waals surface area contributed by atoms with Crippen LogP contribution in [0.4, 0.5) is 0 Å². The summed E-state index contributed by atoms with van der Waals surface area (Å²) in [7, 11) is -0.126. The first-order chi connectivity index (χ1) is 5.97. The molecule has 0 atom stereocenters. The standard InChI is InChI=1S/C11H15P/c1-3-7-11(8-4-1)12-9-5-2-6-10-12/h1,3-4,7-8H,2,5-6,9-10H2/p+1. The van der Waals surface area contributed by atoms with Gasteiger partial charge in [-0.3, -0.25) is 0 Å². The monoisotopic (exact) mass is 179 g/mol. The van der Waals surface area contributed by atoms with Crippen molar-refractivity contribution in [3.63, 3.8) is 0 Å². The first kappa shape index (κ1) is 8.26. The van der Waals surface area contributed by atoms with Gasteiger partial charge in [-0.15, -0.1) is 0 Å². The molecule has 0 radical (unpaired) electrons. The molecule has 1 aliphatic heterocycles. The van der Waals surface area contributed by atoms with E-state index in [2.05, 4.69) is 30.3 Å². The fraction of sp³-hybridized carbons (Fsp3) is 0.455. The van der Waals surface area contributed by atoms with Gasteiger partial charge >= 0.3 is 0 Å². The summed E-state index contributed by atoms with van der Waals surface area (Å²) in [5.74, 6) is 0. The predicted molar refractivity (Wildman–Crippen MR) is 58.0 cm³/mol. The maximum absolute atomic E-state index is 2.32. The molecule has 0 saturated carbocycles. The predicted octanol–water partition coefficient (Wildman–Crippen LogP) is 2.71. The van der Waals surface area contributed by atoms with Gasteiger partial charge in [-0.2, -0.15) is 0 Å². The van der Waals surface area contributed by atoms with Crippen LogP contribution in [-0.2, 0) is 0 Å². The molecule has 2 rings (SSSR count). The molecule has 0 nitrogen and oxygen atoms in total. The zero-order chi connectivity index (χ0) is 8.23. The third kappa shape index (κ3) is 1.87. The van der Waals surface area contributed by atoms with Gasteiger partial charge in [0.2, 0.25) is 0 Å². The smallest absolute Gasteiger partial charge is 0.0620 e. The maximum atomic E-state index is 2.32. The fourth-order valence-electron chi connectivity index (χ4n) is 1.94. The number of hydrogen-bond acceptors (Lipinski definition) is 0. The van der Waals surface area contributed by atoms with Crippen LogP contribution in [0.2, 0.25) is 0 Å². The van der Waals surface area contributed by atoms with E-state index in [1.807, 2.05) is 0 Å². The topological polar surface area (TPSA) is 0 Å². The molecule has 1 heterocycles. The SMILES string of the molecule is c1ccc([PH+]2CCCCC2)cc1. The van der Waals surface area contributed by atoms with Crippen molar-refractivity contribution in [1.82, 2.24) is 0 Å². The highest BCUT2D eigenvalue weighted by Crippen LogP contribution is 2.40. The Morgan fingerprint density at radius 3 is 2.17 bits per heavy atom. The third-order valence-electron chi connectivity index (χ3n) is 2.64. The van der Waals surface area contributed by atoms with Crippen molar-refractivity contribution in [2.24, 2.45) is 0 Å². The summed E-state index contributed by atoms with van der Waals surface area (Å²) in [5.41, 5.74) is 0. The minimum absolute atomic E-state index is 0.126. The van der Waals surface area contributed by atoms with Crippen molar-refractivity contribution in [2.45, 2.75) is 19.3 Å². The van der Waals surface area contributed by atoms with Crippen LogP contribution >= 0.6 is 7.92 Å². The third-order valence-corrected chi connectivity index (χ3v) is 5.70. The van der Waals surface area contributed by atoms with Crippen LogP contribution in [0.15, 0.2) is 30.3 Å². The van der Waals surface area contributed by atoms with Crippen molar-refractivity contribution in [3.8, 4) is 0 Å². The average molecular weight is 179 g/mol. The Morgan fingerprint density at radius 1 is 0.833 bits per heavy atom.